The van der Waals surface area contributed by atoms with E-state index in [1.54, 1.807) is 7.05 Å². The molecule has 0 bridgehead atoms. The molecule has 2 heterocycles. The number of hydrogen-bond acceptors (Lipinski definition) is 5. The monoisotopic (exact) mass is 438 g/mol. The van der Waals surface area contributed by atoms with Crippen molar-refractivity contribution in [2.45, 2.75) is 33.8 Å². The summed E-state index contributed by atoms with van der Waals surface area (Å²) < 4.78 is 10.4. The van der Waals surface area contributed by atoms with Crippen molar-refractivity contribution < 1.29 is 4.74 Å². The Kier molecular flexibility index (Phi) is 5.65. The van der Waals surface area contributed by atoms with E-state index >= 15 is 0 Å². The van der Waals surface area contributed by atoms with Crippen LogP contribution in [0, 0.1) is 13.8 Å². The van der Waals surface area contributed by atoms with Gasteiger partial charge in [0.15, 0.2) is 0 Å². The van der Waals surface area contributed by atoms with Gasteiger partial charge in [-0.1, -0.05) is 30.7 Å². The summed E-state index contributed by atoms with van der Waals surface area (Å²) in [5, 5.41) is 12.8. The number of aryl methyl sites for hydroxylation is 4. The van der Waals surface area contributed by atoms with Crippen LogP contribution >= 0.6 is 11.6 Å². The van der Waals surface area contributed by atoms with E-state index < -0.39 is 0 Å². The van der Waals surface area contributed by atoms with Gasteiger partial charge in [-0.3, -0.25) is 0 Å². The van der Waals surface area contributed by atoms with Crippen LogP contribution in [0.3, 0.4) is 0 Å². The maximum atomic E-state index is 12.4. The maximum absolute atomic E-state index is 12.4. The molecule has 4 aromatic rings. The summed E-state index contributed by atoms with van der Waals surface area (Å²) in [6.45, 7) is 6.24. The van der Waals surface area contributed by atoms with Crippen molar-refractivity contribution in [2.75, 3.05) is 0 Å². The zero-order valence-corrected chi connectivity index (χ0v) is 18.6. The molecule has 0 atom stereocenters. The first-order valence-corrected chi connectivity index (χ1v) is 10.3. The van der Waals surface area contributed by atoms with Crippen molar-refractivity contribution in [1.82, 2.24) is 29.6 Å². The Labute approximate surface area is 184 Å². The molecule has 2 aromatic carbocycles. The summed E-state index contributed by atoms with van der Waals surface area (Å²) in [7, 11) is 1.57. The first-order valence-electron chi connectivity index (χ1n) is 9.95. The maximum Gasteiger partial charge on any atom is 0.368 e. The van der Waals surface area contributed by atoms with Gasteiger partial charge in [-0.15, -0.1) is 0 Å². The number of ether oxygens (including phenoxy) is 1. The van der Waals surface area contributed by atoms with Gasteiger partial charge in [-0.05, 0) is 66.6 Å². The second-order valence-corrected chi connectivity index (χ2v) is 7.71. The normalized spacial score (nSPS) is 11.1. The van der Waals surface area contributed by atoms with Crippen molar-refractivity contribution in [3.05, 3.63) is 80.5 Å². The second kappa shape index (κ2) is 8.39. The van der Waals surface area contributed by atoms with Gasteiger partial charge in [0.25, 0.3) is 0 Å². The van der Waals surface area contributed by atoms with Gasteiger partial charge in [-0.2, -0.15) is 14.5 Å². The van der Waals surface area contributed by atoms with E-state index in [-0.39, 0.29) is 12.3 Å². The molecule has 0 aliphatic rings. The van der Waals surface area contributed by atoms with Gasteiger partial charge >= 0.3 is 5.69 Å². The van der Waals surface area contributed by atoms with Crippen LogP contribution in [-0.2, 0) is 20.1 Å². The fraction of sp³-hybridized carbons (Fsp3) is 0.273. The van der Waals surface area contributed by atoms with Crippen LogP contribution in [0.4, 0.5) is 0 Å². The van der Waals surface area contributed by atoms with Gasteiger partial charge in [0.1, 0.15) is 12.4 Å². The van der Waals surface area contributed by atoms with E-state index in [1.807, 2.05) is 61.0 Å². The molecule has 160 valence electrons. The minimum atomic E-state index is -0.318. The third kappa shape index (κ3) is 3.98. The Hall–Kier alpha value is -3.39. The van der Waals surface area contributed by atoms with Crippen molar-refractivity contribution in [1.29, 1.82) is 0 Å². The number of nitrogens with zero attached hydrogens (tertiary/aromatic N) is 6. The van der Waals surface area contributed by atoms with E-state index in [1.165, 1.54) is 9.36 Å². The molecular weight excluding hydrogens is 416 g/mol. The van der Waals surface area contributed by atoms with Crippen LogP contribution < -0.4 is 10.4 Å². The Bertz CT molecular complexity index is 1300. The van der Waals surface area contributed by atoms with E-state index in [0.717, 1.165) is 34.6 Å². The van der Waals surface area contributed by atoms with Crippen LogP contribution in [0.2, 0.25) is 5.02 Å². The third-order valence-corrected chi connectivity index (χ3v) is 5.42. The SMILES string of the molecule is CCc1cccc(-n2nnn(C)c2=O)c1COc1ccc(-n2nc(C)cc2C)cc1Cl. The molecule has 31 heavy (non-hydrogen) atoms. The average molecular weight is 439 g/mol. The molecule has 2 aromatic heterocycles. The number of tetrazole rings is 1. The predicted octanol–water partition coefficient (Wildman–Crippen LogP) is 3.56. The summed E-state index contributed by atoms with van der Waals surface area (Å²) in [6, 6.07) is 13.3. The van der Waals surface area contributed by atoms with E-state index in [9.17, 15) is 4.79 Å². The minimum absolute atomic E-state index is 0.237. The molecular formula is C22H23ClN6O2. The molecule has 8 nitrogen and oxygen atoms in total. The molecule has 4 rings (SSSR count). The van der Waals surface area contributed by atoms with Crippen LogP contribution in [-0.4, -0.2) is 29.6 Å². The van der Waals surface area contributed by atoms with E-state index in [0.29, 0.717) is 16.5 Å². The lowest BCUT2D eigenvalue weighted by molar-refractivity contribution is 0.304. The summed E-state index contributed by atoms with van der Waals surface area (Å²) >= 11 is 6.52. The van der Waals surface area contributed by atoms with Gasteiger partial charge in [-0.25, -0.2) is 9.48 Å². The number of rotatable bonds is 6. The molecule has 0 radical (unpaired) electrons. The lowest BCUT2D eigenvalue weighted by Gasteiger charge is -2.15. The molecule has 0 saturated heterocycles. The molecule has 0 unspecified atom stereocenters. The zero-order chi connectivity index (χ0) is 22.1. The van der Waals surface area contributed by atoms with Gasteiger partial charge in [0.05, 0.1) is 22.1 Å². The van der Waals surface area contributed by atoms with Crippen molar-refractivity contribution in [2.24, 2.45) is 7.05 Å². The minimum Gasteiger partial charge on any atom is -0.487 e. The Morgan fingerprint density at radius 1 is 1.06 bits per heavy atom. The quantitative estimate of drug-likeness (QED) is 0.460. The molecule has 0 fully saturated rings. The standard InChI is InChI=1S/C22H23ClN6O2/c1-5-16-7-6-8-20(29-22(30)27(4)25-26-29)18(16)13-31-21-10-9-17(12-19(21)23)28-15(3)11-14(2)24-28/h6-12H,5,13H2,1-4H3. The van der Waals surface area contributed by atoms with Crippen LogP contribution in [0.25, 0.3) is 11.4 Å². The van der Waals surface area contributed by atoms with E-state index in [4.69, 9.17) is 16.3 Å². The zero-order valence-electron chi connectivity index (χ0n) is 17.8. The van der Waals surface area contributed by atoms with Gasteiger partial charge in [0.2, 0.25) is 0 Å². The summed E-state index contributed by atoms with van der Waals surface area (Å²) in [5.74, 6) is 0.551. The molecule has 0 aliphatic heterocycles. The molecule has 9 heteroatoms. The largest absolute Gasteiger partial charge is 0.487 e. The predicted molar refractivity (Wildman–Crippen MR) is 118 cm³/mol. The average Bonchev–Trinajstić information content (AvgIpc) is 3.27. The highest BCUT2D eigenvalue weighted by atomic mass is 35.5. The highest BCUT2D eigenvalue weighted by molar-refractivity contribution is 6.32. The molecule has 0 spiro atoms. The topological polar surface area (TPSA) is 79.8 Å². The Morgan fingerprint density at radius 3 is 2.48 bits per heavy atom. The number of halogens is 1. The molecule has 0 aliphatic carbocycles. The Morgan fingerprint density at radius 2 is 1.87 bits per heavy atom. The molecule has 0 amide bonds. The van der Waals surface area contributed by atoms with Gasteiger partial charge < -0.3 is 4.74 Å². The molecule has 0 N–H and O–H groups in total. The first-order chi connectivity index (χ1) is 14.9. The lowest BCUT2D eigenvalue weighted by Crippen LogP contribution is -2.23. The van der Waals surface area contributed by atoms with Crippen LogP contribution in [0.1, 0.15) is 29.4 Å². The van der Waals surface area contributed by atoms with Crippen molar-refractivity contribution >= 4 is 11.6 Å². The Balaban J connectivity index is 1.64. The number of hydrogen-bond donors (Lipinski definition) is 0. The molecule has 0 saturated carbocycles. The highest BCUT2D eigenvalue weighted by Gasteiger charge is 2.15. The fourth-order valence-electron chi connectivity index (χ4n) is 3.56. The van der Waals surface area contributed by atoms with Crippen LogP contribution in [0.15, 0.2) is 47.3 Å². The van der Waals surface area contributed by atoms with Crippen LogP contribution in [0.5, 0.6) is 5.75 Å². The third-order valence-electron chi connectivity index (χ3n) is 5.12. The first kappa shape index (κ1) is 20.9. The van der Waals surface area contributed by atoms with E-state index in [2.05, 4.69) is 22.4 Å². The number of benzene rings is 2. The summed E-state index contributed by atoms with van der Waals surface area (Å²) in [5.41, 5.74) is 5.09. The fourth-order valence-corrected chi connectivity index (χ4v) is 3.79. The van der Waals surface area contributed by atoms with Crippen molar-refractivity contribution in [3.8, 4) is 17.1 Å². The van der Waals surface area contributed by atoms with Gasteiger partial charge in [0, 0.05) is 18.3 Å². The number of aromatic nitrogens is 6. The second-order valence-electron chi connectivity index (χ2n) is 7.31. The summed E-state index contributed by atoms with van der Waals surface area (Å²) in [6.07, 6.45) is 0.784. The lowest BCUT2D eigenvalue weighted by atomic mass is 10.0. The highest BCUT2D eigenvalue weighted by Crippen LogP contribution is 2.29. The smallest absolute Gasteiger partial charge is 0.368 e. The van der Waals surface area contributed by atoms with Crippen molar-refractivity contribution in [3.63, 3.8) is 0 Å². The summed E-state index contributed by atoms with van der Waals surface area (Å²) in [4.78, 5) is 12.4.